The molecule has 0 saturated carbocycles. The average Bonchev–Trinajstić information content (AvgIpc) is 3.04. The summed E-state index contributed by atoms with van der Waals surface area (Å²) in [6.07, 6.45) is 3.41. The van der Waals surface area contributed by atoms with Crippen LogP contribution in [0.2, 0.25) is 0 Å². The van der Waals surface area contributed by atoms with E-state index in [0.29, 0.717) is 4.88 Å². The fourth-order valence-corrected chi connectivity index (χ4v) is 2.98. The van der Waals surface area contributed by atoms with Crippen molar-refractivity contribution in [2.75, 3.05) is 7.11 Å². The third kappa shape index (κ3) is 3.07. The molecule has 0 fully saturated rings. The Bertz CT molecular complexity index is 628. The molecule has 0 unspecified atom stereocenters. The van der Waals surface area contributed by atoms with E-state index in [0.717, 1.165) is 16.9 Å². The number of thiophene rings is 2. The van der Waals surface area contributed by atoms with Gasteiger partial charge in [0.1, 0.15) is 9.75 Å². The first kappa shape index (κ1) is 13.4. The van der Waals surface area contributed by atoms with Crippen molar-refractivity contribution < 1.29 is 14.5 Å². The van der Waals surface area contributed by atoms with E-state index in [4.69, 9.17) is 0 Å². The van der Waals surface area contributed by atoms with E-state index in [1.54, 1.807) is 23.5 Å². The molecule has 0 saturated heterocycles. The zero-order valence-corrected chi connectivity index (χ0v) is 11.5. The minimum absolute atomic E-state index is 0.0862. The third-order valence-electron chi connectivity index (χ3n) is 2.29. The van der Waals surface area contributed by atoms with E-state index in [2.05, 4.69) is 4.74 Å². The maximum atomic E-state index is 11.4. The van der Waals surface area contributed by atoms with Crippen molar-refractivity contribution in [1.29, 1.82) is 0 Å². The van der Waals surface area contributed by atoms with Crippen LogP contribution in [-0.2, 0) is 4.74 Å². The topological polar surface area (TPSA) is 69.4 Å². The monoisotopic (exact) mass is 295 g/mol. The quantitative estimate of drug-likeness (QED) is 0.490. The van der Waals surface area contributed by atoms with Crippen LogP contribution in [0.25, 0.3) is 12.2 Å². The molecule has 98 valence electrons. The van der Waals surface area contributed by atoms with Crippen LogP contribution in [0.5, 0.6) is 0 Å². The second-order valence-electron chi connectivity index (χ2n) is 3.50. The Kier molecular flexibility index (Phi) is 4.08. The third-order valence-corrected chi connectivity index (χ3v) is 4.06. The largest absolute Gasteiger partial charge is 0.465 e. The van der Waals surface area contributed by atoms with Gasteiger partial charge in [-0.2, -0.15) is 11.3 Å². The fraction of sp³-hybridized carbons (Fsp3) is 0.0833. The number of ether oxygens (including phenoxy) is 1. The van der Waals surface area contributed by atoms with E-state index in [1.807, 2.05) is 16.8 Å². The molecule has 0 atom stereocenters. The summed E-state index contributed by atoms with van der Waals surface area (Å²) in [5.74, 6) is -0.566. The molecule has 19 heavy (non-hydrogen) atoms. The lowest BCUT2D eigenvalue weighted by molar-refractivity contribution is -0.384. The van der Waals surface area contributed by atoms with E-state index in [9.17, 15) is 14.9 Å². The van der Waals surface area contributed by atoms with Gasteiger partial charge in [0, 0.05) is 6.07 Å². The molecule has 0 bridgehead atoms. The molecule has 0 aromatic carbocycles. The maximum absolute atomic E-state index is 11.4. The lowest BCUT2D eigenvalue weighted by Crippen LogP contribution is -1.97. The number of carbonyl (C=O) groups is 1. The molecule has 2 aromatic heterocycles. The summed E-state index contributed by atoms with van der Waals surface area (Å²) in [6, 6.07) is 3.14. The van der Waals surface area contributed by atoms with Crippen molar-refractivity contribution in [3.05, 3.63) is 48.3 Å². The van der Waals surface area contributed by atoms with Gasteiger partial charge in [-0.1, -0.05) is 6.08 Å². The molecule has 5 nitrogen and oxygen atoms in total. The summed E-state index contributed by atoms with van der Waals surface area (Å²) in [5, 5.41) is 14.8. The second kappa shape index (κ2) is 5.77. The first-order chi connectivity index (χ1) is 9.11. The van der Waals surface area contributed by atoms with Crippen molar-refractivity contribution in [2.45, 2.75) is 0 Å². The number of nitro groups is 1. The molecule has 0 aliphatic heterocycles. The Morgan fingerprint density at radius 3 is 2.84 bits per heavy atom. The van der Waals surface area contributed by atoms with Crippen LogP contribution in [0.3, 0.4) is 0 Å². The number of nitrogens with zero attached hydrogens (tertiary/aromatic N) is 1. The molecule has 0 radical (unpaired) electrons. The first-order valence-corrected chi connectivity index (χ1v) is 6.94. The van der Waals surface area contributed by atoms with Crippen molar-refractivity contribution in [3.63, 3.8) is 0 Å². The van der Waals surface area contributed by atoms with Gasteiger partial charge in [-0.25, -0.2) is 4.79 Å². The number of rotatable bonds is 4. The zero-order valence-electron chi connectivity index (χ0n) is 9.86. The molecule has 7 heteroatoms. The maximum Gasteiger partial charge on any atom is 0.348 e. The number of carbonyl (C=O) groups excluding carboxylic acids is 1. The van der Waals surface area contributed by atoms with Crippen LogP contribution in [-0.4, -0.2) is 18.0 Å². The van der Waals surface area contributed by atoms with E-state index < -0.39 is 10.9 Å². The molecular weight excluding hydrogens is 286 g/mol. The Morgan fingerprint density at radius 1 is 1.47 bits per heavy atom. The fourth-order valence-electron chi connectivity index (χ4n) is 1.40. The number of hydrogen-bond acceptors (Lipinski definition) is 6. The molecule has 0 amide bonds. The Balaban J connectivity index is 2.35. The van der Waals surface area contributed by atoms with Crippen LogP contribution < -0.4 is 0 Å². The lowest BCUT2D eigenvalue weighted by atomic mass is 10.3. The molecule has 2 aromatic rings. The smallest absolute Gasteiger partial charge is 0.348 e. The van der Waals surface area contributed by atoms with Gasteiger partial charge in [-0.3, -0.25) is 10.1 Å². The Hall–Kier alpha value is -1.99. The van der Waals surface area contributed by atoms with Gasteiger partial charge in [0.25, 0.3) is 5.69 Å². The molecule has 0 spiro atoms. The molecule has 0 aliphatic carbocycles. The highest BCUT2D eigenvalue weighted by Gasteiger charge is 2.21. The Labute approximate surface area is 116 Å². The first-order valence-electron chi connectivity index (χ1n) is 5.18. The van der Waals surface area contributed by atoms with Crippen molar-refractivity contribution in [3.8, 4) is 0 Å². The minimum atomic E-state index is -0.566. The molecule has 0 aliphatic rings. The summed E-state index contributed by atoms with van der Waals surface area (Å²) in [7, 11) is 1.24. The summed E-state index contributed by atoms with van der Waals surface area (Å²) in [4.78, 5) is 22.5. The summed E-state index contributed by atoms with van der Waals surface area (Å²) < 4.78 is 4.56. The predicted molar refractivity (Wildman–Crippen MR) is 75.6 cm³/mol. The summed E-state index contributed by atoms with van der Waals surface area (Å²) in [5.41, 5.74) is 0.879. The SMILES string of the molecule is COC(=O)c1cc([N+](=O)[O-])c(/C=C/c2ccsc2)s1. The highest BCUT2D eigenvalue weighted by Crippen LogP contribution is 2.31. The standard InChI is InChI=1S/C12H9NO4S2/c1-17-12(14)11-6-9(13(15)16)10(19-11)3-2-8-4-5-18-7-8/h2-7H,1H3/b3-2+. The Morgan fingerprint density at radius 2 is 2.26 bits per heavy atom. The van der Waals surface area contributed by atoms with Gasteiger partial charge in [-0.15, -0.1) is 11.3 Å². The van der Waals surface area contributed by atoms with Crippen molar-refractivity contribution in [2.24, 2.45) is 0 Å². The zero-order chi connectivity index (χ0) is 13.8. The van der Waals surface area contributed by atoms with Crippen LogP contribution >= 0.6 is 22.7 Å². The number of esters is 1. The predicted octanol–water partition coefficient (Wildman–Crippen LogP) is 3.67. The molecule has 2 heterocycles. The van der Waals surface area contributed by atoms with Gasteiger partial charge < -0.3 is 4.74 Å². The highest BCUT2D eigenvalue weighted by molar-refractivity contribution is 7.15. The van der Waals surface area contributed by atoms with Crippen LogP contribution in [0.4, 0.5) is 5.69 Å². The molecular formula is C12H9NO4S2. The molecule has 0 N–H and O–H groups in total. The van der Waals surface area contributed by atoms with Crippen molar-refractivity contribution in [1.82, 2.24) is 0 Å². The second-order valence-corrected chi connectivity index (χ2v) is 5.36. The normalized spacial score (nSPS) is 10.8. The van der Waals surface area contributed by atoms with Crippen LogP contribution in [0.15, 0.2) is 22.9 Å². The summed E-state index contributed by atoms with van der Waals surface area (Å²) in [6.45, 7) is 0. The average molecular weight is 295 g/mol. The number of methoxy groups -OCH3 is 1. The van der Waals surface area contributed by atoms with Crippen LogP contribution in [0.1, 0.15) is 20.1 Å². The van der Waals surface area contributed by atoms with Crippen LogP contribution in [0, 0.1) is 10.1 Å². The van der Waals surface area contributed by atoms with Crippen molar-refractivity contribution >= 4 is 46.5 Å². The van der Waals surface area contributed by atoms with Gasteiger partial charge >= 0.3 is 5.97 Å². The molecule has 2 rings (SSSR count). The highest BCUT2D eigenvalue weighted by atomic mass is 32.1. The van der Waals surface area contributed by atoms with E-state index in [-0.39, 0.29) is 10.6 Å². The van der Waals surface area contributed by atoms with Gasteiger partial charge in [0.05, 0.1) is 12.0 Å². The summed E-state index contributed by atoms with van der Waals surface area (Å²) >= 11 is 2.59. The van der Waals surface area contributed by atoms with Gasteiger partial charge in [0.2, 0.25) is 0 Å². The number of hydrogen-bond donors (Lipinski definition) is 0. The minimum Gasteiger partial charge on any atom is -0.465 e. The van der Waals surface area contributed by atoms with E-state index >= 15 is 0 Å². The van der Waals surface area contributed by atoms with E-state index in [1.165, 1.54) is 13.2 Å². The van der Waals surface area contributed by atoms with Gasteiger partial charge in [0.15, 0.2) is 0 Å². The van der Waals surface area contributed by atoms with Gasteiger partial charge in [-0.05, 0) is 28.5 Å². The lowest BCUT2D eigenvalue weighted by Gasteiger charge is -1.90.